The maximum absolute atomic E-state index is 13.2. The number of hydrogen-bond donors (Lipinski definition) is 2. The van der Waals surface area contributed by atoms with Crippen molar-refractivity contribution in [1.82, 2.24) is 10.2 Å². The van der Waals surface area contributed by atoms with E-state index in [0.29, 0.717) is 5.76 Å². The summed E-state index contributed by atoms with van der Waals surface area (Å²) in [6.45, 7) is 3.31. The molecule has 1 unspecified atom stereocenters. The van der Waals surface area contributed by atoms with Crippen molar-refractivity contribution >= 4 is 5.91 Å². The SMILES string of the molecule is O=C(NC1CCN(CC2CCCCCC2)CC1)C(O)(c1ccco1)C1CCCC1. The molecular formula is C24H38N2O3. The minimum Gasteiger partial charge on any atom is -0.466 e. The third-order valence-corrected chi connectivity index (χ3v) is 7.60. The van der Waals surface area contributed by atoms with Crippen molar-refractivity contribution in [2.24, 2.45) is 11.8 Å². The number of nitrogens with one attached hydrogen (secondary N) is 1. The number of carbonyl (C=O) groups excluding carboxylic acids is 1. The fraction of sp³-hybridized carbons (Fsp3) is 0.792. The molecule has 1 atom stereocenters. The molecule has 0 aromatic carbocycles. The molecular weight excluding hydrogens is 364 g/mol. The van der Waals surface area contributed by atoms with Crippen LogP contribution < -0.4 is 5.32 Å². The zero-order chi connectivity index (χ0) is 20.1. The molecule has 1 aromatic rings. The molecule has 3 fully saturated rings. The van der Waals surface area contributed by atoms with Crippen LogP contribution in [-0.2, 0) is 10.4 Å². The first-order valence-electron chi connectivity index (χ1n) is 12.0. The van der Waals surface area contributed by atoms with Gasteiger partial charge in [-0.15, -0.1) is 0 Å². The Morgan fingerprint density at radius 1 is 1.03 bits per heavy atom. The number of aliphatic hydroxyl groups is 1. The summed E-state index contributed by atoms with van der Waals surface area (Å²) in [5.74, 6) is 0.938. The van der Waals surface area contributed by atoms with Crippen LogP contribution in [0.25, 0.3) is 0 Å². The van der Waals surface area contributed by atoms with Crippen LogP contribution in [0.2, 0.25) is 0 Å². The third kappa shape index (κ3) is 4.88. The van der Waals surface area contributed by atoms with E-state index in [4.69, 9.17) is 4.42 Å². The van der Waals surface area contributed by atoms with Gasteiger partial charge in [0.25, 0.3) is 5.91 Å². The highest BCUT2D eigenvalue weighted by Gasteiger charge is 2.49. The van der Waals surface area contributed by atoms with Crippen LogP contribution >= 0.6 is 0 Å². The lowest BCUT2D eigenvalue weighted by atomic mass is 9.82. The van der Waals surface area contributed by atoms with Crippen molar-refractivity contribution in [2.45, 2.75) is 88.7 Å². The van der Waals surface area contributed by atoms with Crippen molar-refractivity contribution in [3.05, 3.63) is 24.2 Å². The zero-order valence-corrected chi connectivity index (χ0v) is 17.8. The van der Waals surface area contributed by atoms with E-state index in [1.165, 1.54) is 45.1 Å². The molecule has 2 aliphatic carbocycles. The van der Waals surface area contributed by atoms with E-state index in [1.54, 1.807) is 18.4 Å². The summed E-state index contributed by atoms with van der Waals surface area (Å²) in [5, 5.41) is 14.6. The van der Waals surface area contributed by atoms with Crippen LogP contribution in [-0.4, -0.2) is 41.6 Å². The zero-order valence-electron chi connectivity index (χ0n) is 17.8. The van der Waals surface area contributed by atoms with Crippen LogP contribution in [0.3, 0.4) is 0 Å². The largest absolute Gasteiger partial charge is 0.466 e. The van der Waals surface area contributed by atoms with Gasteiger partial charge in [-0.2, -0.15) is 0 Å². The lowest BCUT2D eigenvalue weighted by molar-refractivity contribution is -0.151. The van der Waals surface area contributed by atoms with Crippen LogP contribution in [0.5, 0.6) is 0 Å². The average molecular weight is 403 g/mol. The minimum absolute atomic E-state index is 0.0519. The summed E-state index contributed by atoms with van der Waals surface area (Å²) in [4.78, 5) is 15.8. The van der Waals surface area contributed by atoms with Gasteiger partial charge in [-0.3, -0.25) is 4.79 Å². The van der Waals surface area contributed by atoms with Gasteiger partial charge in [-0.25, -0.2) is 0 Å². The maximum atomic E-state index is 13.2. The predicted octanol–water partition coefficient (Wildman–Crippen LogP) is 4.21. The highest BCUT2D eigenvalue weighted by molar-refractivity contribution is 5.86. The molecule has 5 nitrogen and oxygen atoms in total. The van der Waals surface area contributed by atoms with Crippen LogP contribution in [0.15, 0.2) is 22.8 Å². The molecule has 5 heteroatoms. The molecule has 0 radical (unpaired) electrons. The molecule has 3 aliphatic rings. The van der Waals surface area contributed by atoms with E-state index in [-0.39, 0.29) is 17.9 Å². The third-order valence-electron chi connectivity index (χ3n) is 7.60. The first kappa shape index (κ1) is 20.9. The van der Waals surface area contributed by atoms with Crippen molar-refractivity contribution in [2.75, 3.05) is 19.6 Å². The van der Waals surface area contributed by atoms with Gasteiger partial charge < -0.3 is 19.7 Å². The topological polar surface area (TPSA) is 65.7 Å². The van der Waals surface area contributed by atoms with Gasteiger partial charge in [0.2, 0.25) is 5.60 Å². The van der Waals surface area contributed by atoms with E-state index in [0.717, 1.165) is 57.5 Å². The molecule has 2 saturated carbocycles. The number of nitrogens with zero attached hydrogens (tertiary/aromatic N) is 1. The molecule has 4 rings (SSSR count). The number of piperidine rings is 1. The van der Waals surface area contributed by atoms with Gasteiger partial charge in [-0.1, -0.05) is 38.5 Å². The molecule has 2 heterocycles. The highest BCUT2D eigenvalue weighted by Crippen LogP contribution is 2.41. The number of rotatable bonds is 6. The van der Waals surface area contributed by atoms with E-state index < -0.39 is 5.60 Å². The Bertz CT molecular complexity index is 625. The lowest BCUT2D eigenvalue weighted by Gasteiger charge is -2.37. The molecule has 1 aliphatic heterocycles. The minimum atomic E-state index is -1.53. The summed E-state index contributed by atoms with van der Waals surface area (Å²) in [5.41, 5.74) is -1.53. The Kier molecular flexibility index (Phi) is 6.96. The fourth-order valence-corrected chi connectivity index (χ4v) is 5.80. The Labute approximate surface area is 175 Å². The van der Waals surface area contributed by atoms with Gasteiger partial charge in [0.15, 0.2) is 0 Å². The second-order valence-electron chi connectivity index (χ2n) is 9.63. The maximum Gasteiger partial charge on any atom is 0.260 e. The fourth-order valence-electron chi connectivity index (χ4n) is 5.80. The summed E-state index contributed by atoms with van der Waals surface area (Å²) in [6.07, 6.45) is 15.8. The van der Waals surface area contributed by atoms with Gasteiger partial charge >= 0.3 is 0 Å². The first-order chi connectivity index (χ1) is 14.2. The molecule has 0 spiro atoms. The quantitative estimate of drug-likeness (QED) is 0.700. The van der Waals surface area contributed by atoms with Crippen LogP contribution in [0, 0.1) is 11.8 Å². The number of likely N-dealkylation sites (tertiary alicyclic amines) is 1. The molecule has 1 aromatic heterocycles. The highest BCUT2D eigenvalue weighted by atomic mass is 16.4. The van der Waals surface area contributed by atoms with Crippen molar-refractivity contribution in [3.8, 4) is 0 Å². The monoisotopic (exact) mass is 402 g/mol. The summed E-state index contributed by atoms with van der Waals surface area (Å²) < 4.78 is 5.51. The van der Waals surface area contributed by atoms with Crippen LogP contribution in [0.4, 0.5) is 0 Å². The number of hydrogen-bond acceptors (Lipinski definition) is 4. The first-order valence-corrected chi connectivity index (χ1v) is 12.0. The molecule has 1 amide bonds. The van der Waals surface area contributed by atoms with Gasteiger partial charge in [0, 0.05) is 31.6 Å². The van der Waals surface area contributed by atoms with E-state index in [2.05, 4.69) is 10.2 Å². The van der Waals surface area contributed by atoms with Gasteiger partial charge in [-0.05, 0) is 56.6 Å². The second-order valence-corrected chi connectivity index (χ2v) is 9.63. The number of amides is 1. The Morgan fingerprint density at radius 2 is 1.69 bits per heavy atom. The van der Waals surface area contributed by atoms with Gasteiger partial charge in [0.05, 0.1) is 6.26 Å². The lowest BCUT2D eigenvalue weighted by Crippen LogP contribution is -2.54. The molecule has 29 heavy (non-hydrogen) atoms. The van der Waals surface area contributed by atoms with E-state index >= 15 is 0 Å². The average Bonchev–Trinajstić information content (AvgIpc) is 3.41. The molecule has 1 saturated heterocycles. The van der Waals surface area contributed by atoms with E-state index in [9.17, 15) is 9.90 Å². The molecule has 2 N–H and O–H groups in total. The molecule has 0 bridgehead atoms. The second kappa shape index (κ2) is 9.65. The van der Waals surface area contributed by atoms with Crippen molar-refractivity contribution in [1.29, 1.82) is 0 Å². The normalized spacial score (nSPS) is 25.6. The standard InChI is InChI=1S/C24H38N2O3/c27-23(24(28,20-10-5-6-11-20)22-12-7-17-29-22)25-21-13-15-26(16-14-21)18-19-8-3-1-2-4-9-19/h7,12,17,19-21,28H,1-6,8-11,13-16,18H2,(H,25,27). The molecule has 162 valence electrons. The van der Waals surface area contributed by atoms with Gasteiger partial charge in [0.1, 0.15) is 5.76 Å². The summed E-state index contributed by atoms with van der Waals surface area (Å²) >= 11 is 0. The van der Waals surface area contributed by atoms with E-state index in [1.807, 2.05) is 0 Å². The van der Waals surface area contributed by atoms with Crippen LogP contribution in [0.1, 0.15) is 82.8 Å². The predicted molar refractivity (Wildman–Crippen MR) is 113 cm³/mol. The number of carbonyl (C=O) groups is 1. The Morgan fingerprint density at radius 3 is 2.31 bits per heavy atom. The number of furan rings is 1. The van der Waals surface area contributed by atoms with Crippen molar-refractivity contribution < 1.29 is 14.3 Å². The summed E-state index contributed by atoms with van der Waals surface area (Å²) in [7, 11) is 0. The van der Waals surface area contributed by atoms with Crippen molar-refractivity contribution in [3.63, 3.8) is 0 Å². The Balaban J connectivity index is 1.31. The Hall–Kier alpha value is -1.33. The summed E-state index contributed by atoms with van der Waals surface area (Å²) in [6, 6.07) is 3.65. The smallest absolute Gasteiger partial charge is 0.260 e.